The summed E-state index contributed by atoms with van der Waals surface area (Å²) in [6, 6.07) is 72.8. The average Bonchev–Trinajstić information content (AvgIpc) is 4.12. The molecule has 7 heteroatoms. The van der Waals surface area contributed by atoms with Crippen molar-refractivity contribution in [2.24, 2.45) is 0 Å². The van der Waals surface area contributed by atoms with Crippen molar-refractivity contribution in [1.29, 1.82) is 0 Å². The summed E-state index contributed by atoms with van der Waals surface area (Å²) in [6.07, 6.45) is 1.91. The molecule has 9 aromatic carbocycles. The number of aryl methyl sites for hydroxylation is 2. The van der Waals surface area contributed by atoms with Crippen LogP contribution >= 0.6 is 0 Å². The summed E-state index contributed by atoms with van der Waals surface area (Å²) in [5.74, 6) is 2.41. The van der Waals surface area contributed by atoms with Gasteiger partial charge in [0.1, 0.15) is 0 Å². The van der Waals surface area contributed by atoms with Gasteiger partial charge in [-0.25, -0.2) is 0 Å². The standard InChI is InChI=1S/C66H49N5O.Pt/c1-41-31-32-67-63(33-41)70-59-37-47(29-30-49(59)54-38-55-51-23-16-22-50-48-21-12-13-24-56(48)71(65(50)51)61(55)39-60(54)70)72-62-36-46(28-27-42(62)2)68-40-69(58-26-15-14-25-57(58)68)64-52(43-17-8-6-9-18-43)34-45(66(3,4)5)35-53(64)44-19-10-7-11-20-44;/h6-39H,1-5H3;. The van der Waals surface area contributed by atoms with Gasteiger partial charge in [0, 0.05) is 27.7 Å². The molecular formula is C66H49N5OPt. The van der Waals surface area contributed by atoms with Crippen molar-refractivity contribution >= 4 is 70.9 Å². The van der Waals surface area contributed by atoms with Gasteiger partial charge < -0.3 is 4.40 Å². The smallest absolute Gasteiger partial charge is 0.0620 e. The molecule has 0 unspecified atom stereocenters. The van der Waals surface area contributed by atoms with Crippen LogP contribution in [0.1, 0.15) is 37.5 Å². The number of imidazole rings is 1. The zero-order chi connectivity index (χ0) is 49.3. The van der Waals surface area contributed by atoms with Crippen LogP contribution in [0.15, 0.2) is 206 Å². The molecule has 354 valence electrons. The third kappa shape index (κ3) is 6.74. The van der Waals surface area contributed by atoms with Crippen LogP contribution < -0.4 is 4.74 Å². The quantitative estimate of drug-likeness (QED) is 0.160. The number of pyridine rings is 1. The summed E-state index contributed by atoms with van der Waals surface area (Å²) < 4.78 is 17.7. The predicted molar refractivity (Wildman–Crippen MR) is 298 cm³/mol. The fourth-order valence-electron chi connectivity index (χ4n) is 11.4. The molecule has 5 heterocycles. The molecule has 0 aliphatic carbocycles. The fraction of sp³-hybridized carbons (Fsp3) is 0.0909. The van der Waals surface area contributed by atoms with Gasteiger partial charge in [-0.15, -0.1) is 0 Å². The van der Waals surface area contributed by atoms with E-state index < -0.39 is 0 Å². The molecule has 0 spiro atoms. The molecule has 0 amide bonds. The van der Waals surface area contributed by atoms with Crippen LogP contribution in [0.3, 0.4) is 0 Å². The van der Waals surface area contributed by atoms with Gasteiger partial charge in [-0.05, 0) is 24.6 Å². The second-order valence-corrected chi connectivity index (χ2v) is 21.5. The van der Waals surface area contributed by atoms with E-state index in [1.54, 1.807) is 0 Å². The van der Waals surface area contributed by atoms with E-state index >= 15 is 0 Å². The molecule has 0 aliphatic rings. The summed E-state index contributed by atoms with van der Waals surface area (Å²) in [4.78, 5) is 4.99. The van der Waals surface area contributed by atoms with Crippen molar-refractivity contribution in [2.75, 3.05) is 0 Å². The molecule has 0 aliphatic heterocycles. The Hall–Kier alpha value is -8.31. The van der Waals surface area contributed by atoms with Crippen LogP contribution in [0.2, 0.25) is 0 Å². The van der Waals surface area contributed by atoms with E-state index in [9.17, 15) is 0 Å². The Morgan fingerprint density at radius 1 is 0.466 bits per heavy atom. The molecule has 0 radical (unpaired) electrons. The van der Waals surface area contributed by atoms with Crippen LogP contribution in [0.25, 0.3) is 110 Å². The molecule has 0 atom stereocenters. The average molecular weight is 1120 g/mol. The first-order valence-corrected chi connectivity index (χ1v) is 26.1. The Morgan fingerprint density at radius 3 is 1.77 bits per heavy atom. The van der Waals surface area contributed by atoms with Gasteiger partial charge in [-0.3, -0.25) is 0 Å². The van der Waals surface area contributed by atoms with Gasteiger partial charge in [-0.1, -0.05) is 36.4 Å². The van der Waals surface area contributed by atoms with Crippen molar-refractivity contribution in [1.82, 2.24) is 23.1 Å². The number of para-hydroxylation sites is 4. The van der Waals surface area contributed by atoms with E-state index in [0.717, 1.165) is 71.1 Å². The van der Waals surface area contributed by atoms with E-state index in [2.05, 4.69) is 272 Å². The number of benzene rings is 9. The molecule has 0 fully saturated rings. The molecule has 0 bridgehead atoms. The van der Waals surface area contributed by atoms with Crippen LogP contribution in [-0.2, 0) is 24.8 Å². The van der Waals surface area contributed by atoms with Crippen molar-refractivity contribution in [3.63, 3.8) is 0 Å². The van der Waals surface area contributed by atoms with Gasteiger partial charge in [-0.2, -0.15) is 0 Å². The van der Waals surface area contributed by atoms with E-state index in [0.29, 0.717) is 0 Å². The number of nitrogens with zero attached hydrogens (tertiary/aromatic N) is 5. The minimum atomic E-state index is -0.0761. The Bertz CT molecular complexity index is 4550. The van der Waals surface area contributed by atoms with Crippen molar-refractivity contribution in [2.45, 2.75) is 40.0 Å². The zero-order valence-electron chi connectivity index (χ0n) is 41.1. The van der Waals surface area contributed by atoms with Gasteiger partial charge in [0.05, 0.1) is 16.6 Å². The van der Waals surface area contributed by atoms with Gasteiger partial charge in [0.2, 0.25) is 0 Å². The van der Waals surface area contributed by atoms with E-state index in [1.165, 1.54) is 71.3 Å². The normalized spacial score (nSPS) is 12.3. The minimum absolute atomic E-state index is 0.0761. The first-order chi connectivity index (χ1) is 35.6. The summed E-state index contributed by atoms with van der Waals surface area (Å²) in [5, 5.41) is 7.37. The van der Waals surface area contributed by atoms with Crippen molar-refractivity contribution in [3.05, 3.63) is 227 Å². The zero-order valence-corrected chi connectivity index (χ0v) is 43.4. The molecule has 0 N–H and O–H groups in total. The monoisotopic (exact) mass is 1120 g/mol. The predicted octanol–water partition coefficient (Wildman–Crippen LogP) is 17.2. The molecule has 5 aromatic heterocycles. The third-order valence-electron chi connectivity index (χ3n) is 14.9. The van der Waals surface area contributed by atoms with Crippen LogP contribution in [0.4, 0.5) is 0 Å². The van der Waals surface area contributed by atoms with E-state index in [1.807, 2.05) is 6.20 Å². The summed E-state index contributed by atoms with van der Waals surface area (Å²) in [5.41, 5.74) is 18.3. The van der Waals surface area contributed by atoms with Crippen molar-refractivity contribution in [3.8, 4) is 50.9 Å². The van der Waals surface area contributed by atoms with Crippen LogP contribution in [0, 0.1) is 17.7 Å². The van der Waals surface area contributed by atoms with Crippen LogP contribution in [-0.4, -0.2) is 23.1 Å². The number of fused-ring (bicyclic) bond motifs is 10. The van der Waals surface area contributed by atoms with Crippen molar-refractivity contribution < 1.29 is 24.1 Å². The van der Waals surface area contributed by atoms with Crippen LogP contribution in [0.5, 0.6) is 11.5 Å². The Labute approximate surface area is 433 Å². The number of hydrogen-bond acceptors (Lipinski definition) is 2. The van der Waals surface area contributed by atoms with Gasteiger partial charge >= 0.3 is 326 Å². The molecular weight excluding hydrogens is 1070 g/mol. The topological polar surface area (TPSA) is 41.3 Å². The number of hydrogen-bond donors (Lipinski definition) is 0. The molecule has 14 rings (SSSR count). The minimum Gasteiger partial charge on any atom is 0.0620 e. The molecule has 73 heavy (non-hydrogen) atoms. The van der Waals surface area contributed by atoms with E-state index in [-0.39, 0.29) is 5.41 Å². The number of rotatable bonds is 7. The number of aromatic nitrogens is 5. The maximum absolute atomic E-state index is 7.07. The van der Waals surface area contributed by atoms with Gasteiger partial charge in [0.15, 0.2) is 0 Å². The second-order valence-electron chi connectivity index (χ2n) is 20.5. The molecule has 6 nitrogen and oxygen atoms in total. The third-order valence-corrected chi connectivity index (χ3v) is 16.0. The molecule has 0 saturated carbocycles. The first kappa shape index (κ1) is 43.5. The Balaban J connectivity index is 0.945. The summed E-state index contributed by atoms with van der Waals surface area (Å²) in [7, 11) is 0. The molecule has 0 saturated heterocycles. The summed E-state index contributed by atoms with van der Waals surface area (Å²) in [6.45, 7) is 11.2. The van der Waals surface area contributed by atoms with E-state index in [4.69, 9.17) is 9.72 Å². The molecule has 14 aromatic rings. The van der Waals surface area contributed by atoms with Gasteiger partial charge in [0.25, 0.3) is 0 Å². The number of ether oxygens (including phenoxy) is 1. The second kappa shape index (κ2) is 16.4. The SMILES string of the molecule is Cc1ccnc(-n2c3cc(Oc4cc(-n5[c](=[Pt])n(-c6c(-c7ccccc7)cc(C(C)(C)C)cc6-c6ccccc6)c6ccccc65)ccc4C)ccc3c3cc4c5cccc6c7ccccc7n(c4cc32)c65)c1. The maximum atomic E-state index is 7.07. The summed E-state index contributed by atoms with van der Waals surface area (Å²) >= 11 is 2.54. The first-order valence-electron chi connectivity index (χ1n) is 24.9. The Morgan fingerprint density at radius 2 is 1.07 bits per heavy atom. The Kier molecular flexibility index (Phi) is 9.74. The fourth-order valence-corrected chi connectivity index (χ4v) is 12.5.